The molecule has 1 aromatic carbocycles. The van der Waals surface area contributed by atoms with Gasteiger partial charge in [-0.25, -0.2) is 23.4 Å². The van der Waals surface area contributed by atoms with Gasteiger partial charge in [0.25, 0.3) is 0 Å². The molecule has 24 heavy (non-hydrogen) atoms. The molecule has 1 amide bonds. The number of fused-ring (bicyclic) bond motifs is 3. The highest BCUT2D eigenvalue weighted by Gasteiger charge is 2.36. The first-order valence-electron chi connectivity index (χ1n) is 6.84. The fourth-order valence-electron chi connectivity index (χ4n) is 2.69. The number of pyridine rings is 1. The number of hydrogen-bond donors (Lipinski definition) is 1. The summed E-state index contributed by atoms with van der Waals surface area (Å²) in [7, 11) is 2.55. The maximum atomic E-state index is 13.8. The lowest BCUT2D eigenvalue weighted by atomic mass is 9.95. The van der Waals surface area contributed by atoms with E-state index in [1.807, 2.05) is 0 Å². The van der Waals surface area contributed by atoms with Crippen LogP contribution in [0.5, 0.6) is 5.88 Å². The molecule has 3 rings (SSSR count). The molecular formula is C15H12F2N2O5. The number of hydrogen-bond acceptors (Lipinski definition) is 5. The standard InChI is InChI=1S/C15H12F2N2O5/c1-19(15(21)22)10-5-24-14(20)12-11(10)6-3-8(16)9(17)4-7(6)13(18-12)23-2/h3-4,10H,5H2,1-2H3,(H,21,22). The van der Waals surface area contributed by atoms with Crippen molar-refractivity contribution in [2.24, 2.45) is 0 Å². The number of ether oxygens (including phenoxy) is 2. The van der Waals surface area contributed by atoms with Crippen molar-refractivity contribution in [3.05, 3.63) is 35.0 Å². The highest BCUT2D eigenvalue weighted by molar-refractivity contribution is 6.00. The molecule has 0 fully saturated rings. The molecular weight excluding hydrogens is 326 g/mol. The van der Waals surface area contributed by atoms with Gasteiger partial charge in [-0.3, -0.25) is 0 Å². The van der Waals surface area contributed by atoms with E-state index in [0.717, 1.165) is 17.0 Å². The molecule has 9 heteroatoms. The molecule has 1 atom stereocenters. The summed E-state index contributed by atoms with van der Waals surface area (Å²) in [5.41, 5.74) is -0.0273. The van der Waals surface area contributed by atoms with Crippen molar-refractivity contribution in [2.75, 3.05) is 20.8 Å². The summed E-state index contributed by atoms with van der Waals surface area (Å²) >= 11 is 0. The van der Waals surface area contributed by atoms with E-state index in [2.05, 4.69) is 4.98 Å². The van der Waals surface area contributed by atoms with E-state index in [4.69, 9.17) is 9.47 Å². The van der Waals surface area contributed by atoms with Crippen LogP contribution < -0.4 is 4.74 Å². The maximum Gasteiger partial charge on any atom is 0.407 e. The average Bonchev–Trinajstić information content (AvgIpc) is 2.55. The zero-order valence-corrected chi connectivity index (χ0v) is 12.7. The number of nitrogens with zero attached hydrogens (tertiary/aromatic N) is 2. The van der Waals surface area contributed by atoms with E-state index in [0.29, 0.717) is 0 Å². The summed E-state index contributed by atoms with van der Waals surface area (Å²) in [6.07, 6.45) is -1.27. The van der Waals surface area contributed by atoms with E-state index in [9.17, 15) is 23.5 Å². The maximum absolute atomic E-state index is 13.8. The molecule has 0 aliphatic carbocycles. The predicted molar refractivity (Wildman–Crippen MR) is 77.0 cm³/mol. The first-order valence-corrected chi connectivity index (χ1v) is 6.84. The first kappa shape index (κ1) is 15.9. The highest BCUT2D eigenvalue weighted by Crippen LogP contribution is 2.38. The van der Waals surface area contributed by atoms with Gasteiger partial charge in [-0.05, 0) is 17.5 Å². The van der Waals surface area contributed by atoms with Gasteiger partial charge in [0.2, 0.25) is 5.88 Å². The number of benzene rings is 1. The number of carbonyl (C=O) groups excluding carboxylic acids is 1. The van der Waals surface area contributed by atoms with Gasteiger partial charge in [0.15, 0.2) is 17.3 Å². The Hall–Kier alpha value is -2.97. The number of halogens is 2. The third kappa shape index (κ3) is 2.29. The Morgan fingerprint density at radius 3 is 2.58 bits per heavy atom. The van der Waals surface area contributed by atoms with Crippen LogP contribution in [-0.2, 0) is 4.74 Å². The molecule has 7 nitrogen and oxygen atoms in total. The molecule has 1 aliphatic heterocycles. The number of esters is 1. The summed E-state index contributed by atoms with van der Waals surface area (Å²) < 4.78 is 37.4. The molecule has 2 heterocycles. The van der Waals surface area contributed by atoms with E-state index < -0.39 is 29.7 Å². The molecule has 0 bridgehead atoms. The third-order valence-electron chi connectivity index (χ3n) is 3.91. The molecule has 0 saturated heterocycles. The zero-order chi connectivity index (χ0) is 17.6. The Balaban J connectivity index is 2.39. The minimum absolute atomic E-state index is 0.0850. The predicted octanol–water partition coefficient (Wildman–Crippen LogP) is 2.34. The van der Waals surface area contributed by atoms with Crippen LogP contribution in [0.15, 0.2) is 12.1 Å². The van der Waals surface area contributed by atoms with Crippen molar-refractivity contribution in [1.29, 1.82) is 0 Å². The van der Waals surface area contributed by atoms with E-state index in [1.165, 1.54) is 14.2 Å². The summed E-state index contributed by atoms with van der Waals surface area (Å²) in [5, 5.41) is 9.48. The highest BCUT2D eigenvalue weighted by atomic mass is 19.2. The number of likely N-dealkylation sites (N-methyl/N-ethyl adjacent to an activating group) is 1. The monoisotopic (exact) mass is 338 g/mol. The van der Waals surface area contributed by atoms with E-state index in [-0.39, 0.29) is 34.5 Å². The lowest BCUT2D eigenvalue weighted by Crippen LogP contribution is -2.37. The van der Waals surface area contributed by atoms with Crippen LogP contribution >= 0.6 is 0 Å². The van der Waals surface area contributed by atoms with Crippen LogP contribution in [0.3, 0.4) is 0 Å². The lowest BCUT2D eigenvalue weighted by Gasteiger charge is -2.31. The van der Waals surface area contributed by atoms with Crippen LogP contribution in [0, 0.1) is 11.6 Å². The molecule has 2 aromatic rings. The Labute approximate surface area is 134 Å². The zero-order valence-electron chi connectivity index (χ0n) is 12.7. The summed E-state index contributed by atoms with van der Waals surface area (Å²) in [6, 6.07) is 0.893. The fourth-order valence-corrected chi connectivity index (χ4v) is 2.69. The smallest absolute Gasteiger partial charge is 0.407 e. The molecule has 0 radical (unpaired) electrons. The summed E-state index contributed by atoms with van der Waals surface area (Å²) in [5.74, 6) is -3.11. The van der Waals surface area contributed by atoms with Crippen LogP contribution in [0.4, 0.5) is 13.6 Å². The number of carbonyl (C=O) groups is 2. The van der Waals surface area contributed by atoms with Crippen LogP contribution in [0.2, 0.25) is 0 Å². The summed E-state index contributed by atoms with van der Waals surface area (Å²) in [4.78, 5) is 28.2. The van der Waals surface area contributed by atoms with Crippen molar-refractivity contribution in [2.45, 2.75) is 6.04 Å². The van der Waals surface area contributed by atoms with E-state index >= 15 is 0 Å². The molecule has 1 aromatic heterocycles. The number of cyclic esters (lactones) is 1. The van der Waals surface area contributed by atoms with Gasteiger partial charge < -0.3 is 19.5 Å². The lowest BCUT2D eigenvalue weighted by molar-refractivity contribution is 0.0306. The Morgan fingerprint density at radius 1 is 1.38 bits per heavy atom. The Kier molecular flexibility index (Phi) is 3.70. The third-order valence-corrected chi connectivity index (χ3v) is 3.91. The van der Waals surface area contributed by atoms with Gasteiger partial charge in [-0.1, -0.05) is 0 Å². The van der Waals surface area contributed by atoms with Crippen LogP contribution in [0.1, 0.15) is 22.1 Å². The van der Waals surface area contributed by atoms with Gasteiger partial charge in [0.1, 0.15) is 6.61 Å². The van der Waals surface area contributed by atoms with Gasteiger partial charge in [0, 0.05) is 18.0 Å². The van der Waals surface area contributed by atoms with Crippen molar-refractivity contribution < 1.29 is 33.0 Å². The largest absolute Gasteiger partial charge is 0.481 e. The number of rotatable bonds is 2. The second-order valence-corrected chi connectivity index (χ2v) is 5.20. The van der Waals surface area contributed by atoms with Gasteiger partial charge in [-0.15, -0.1) is 0 Å². The Bertz CT molecular complexity index is 871. The molecule has 1 unspecified atom stereocenters. The SMILES string of the molecule is COc1nc2c(c3cc(F)c(F)cc13)C(N(C)C(=O)O)COC2=O. The minimum atomic E-state index is -1.27. The number of amides is 1. The van der Waals surface area contributed by atoms with Crippen molar-refractivity contribution in [3.8, 4) is 5.88 Å². The molecule has 1 aliphatic rings. The number of carboxylic acid groups (broad SMARTS) is 1. The molecule has 0 saturated carbocycles. The minimum Gasteiger partial charge on any atom is -0.481 e. The molecule has 126 valence electrons. The van der Waals surface area contributed by atoms with Crippen LogP contribution in [-0.4, -0.2) is 47.8 Å². The fraction of sp³-hybridized carbons (Fsp3) is 0.267. The van der Waals surface area contributed by atoms with Gasteiger partial charge >= 0.3 is 12.1 Å². The van der Waals surface area contributed by atoms with Crippen molar-refractivity contribution in [3.63, 3.8) is 0 Å². The summed E-state index contributed by atoms with van der Waals surface area (Å²) in [6.45, 7) is -0.253. The average molecular weight is 338 g/mol. The van der Waals surface area contributed by atoms with Gasteiger partial charge in [0.05, 0.1) is 13.2 Å². The van der Waals surface area contributed by atoms with E-state index in [1.54, 1.807) is 0 Å². The second-order valence-electron chi connectivity index (χ2n) is 5.20. The number of aromatic nitrogens is 1. The quantitative estimate of drug-likeness (QED) is 0.846. The first-order chi connectivity index (χ1) is 11.3. The molecule has 1 N–H and O–H groups in total. The van der Waals surface area contributed by atoms with Gasteiger partial charge in [-0.2, -0.15) is 0 Å². The van der Waals surface area contributed by atoms with Crippen LogP contribution in [0.25, 0.3) is 10.8 Å². The second kappa shape index (κ2) is 5.59. The normalized spacial score (nSPS) is 16.5. The Morgan fingerprint density at radius 2 is 2.00 bits per heavy atom. The molecule has 0 spiro atoms. The van der Waals surface area contributed by atoms with Crippen molar-refractivity contribution >= 4 is 22.8 Å². The van der Waals surface area contributed by atoms with Crippen molar-refractivity contribution in [1.82, 2.24) is 9.88 Å². The number of methoxy groups -OCH3 is 1. The topological polar surface area (TPSA) is 89.0 Å².